The summed E-state index contributed by atoms with van der Waals surface area (Å²) in [5.74, 6) is -0.136. The normalized spacial score (nSPS) is 29.6. The van der Waals surface area contributed by atoms with Crippen LogP contribution in [0.25, 0.3) is 0 Å². The molecule has 0 unspecified atom stereocenters. The molecule has 4 rings (SSSR count). The molecule has 0 aromatic heterocycles. The lowest BCUT2D eigenvalue weighted by atomic mass is 9.89. The standard InChI is InChI=1S/C19H23ClN2O3/c20-14-5-7-15(8-6-14)22-12-13(11-18(22)23)19(24)21-9-10-25-17-4-2-1-3-16(17)21/h5-8,13,16-17H,1-4,9-12H2/t13-,16-,17-/m0/s1. The van der Waals surface area contributed by atoms with Crippen molar-refractivity contribution >= 4 is 29.1 Å². The van der Waals surface area contributed by atoms with Crippen LogP contribution >= 0.6 is 11.6 Å². The van der Waals surface area contributed by atoms with Crippen LogP contribution in [0.5, 0.6) is 0 Å². The van der Waals surface area contributed by atoms with Crippen LogP contribution in [0, 0.1) is 5.92 Å². The maximum absolute atomic E-state index is 13.1. The van der Waals surface area contributed by atoms with Crippen molar-refractivity contribution in [2.24, 2.45) is 5.92 Å². The molecule has 0 spiro atoms. The number of carbonyl (C=O) groups is 2. The van der Waals surface area contributed by atoms with Crippen molar-refractivity contribution in [3.8, 4) is 0 Å². The van der Waals surface area contributed by atoms with Gasteiger partial charge < -0.3 is 14.5 Å². The summed E-state index contributed by atoms with van der Waals surface area (Å²) < 4.78 is 5.86. The van der Waals surface area contributed by atoms with E-state index in [1.807, 2.05) is 17.0 Å². The van der Waals surface area contributed by atoms with Crippen LogP contribution in [0.15, 0.2) is 24.3 Å². The Balaban J connectivity index is 1.47. The predicted molar refractivity (Wildman–Crippen MR) is 95.6 cm³/mol. The number of nitrogens with zero attached hydrogens (tertiary/aromatic N) is 2. The lowest BCUT2D eigenvalue weighted by Gasteiger charge is -2.44. The number of rotatable bonds is 2. The van der Waals surface area contributed by atoms with Crippen molar-refractivity contribution in [2.75, 3.05) is 24.6 Å². The van der Waals surface area contributed by atoms with E-state index in [1.54, 1.807) is 17.0 Å². The molecule has 1 aliphatic carbocycles. The number of ether oxygens (including phenoxy) is 1. The van der Waals surface area contributed by atoms with E-state index in [0.29, 0.717) is 24.7 Å². The average molecular weight is 363 g/mol. The van der Waals surface area contributed by atoms with E-state index in [0.717, 1.165) is 24.9 Å². The molecule has 3 fully saturated rings. The molecule has 5 nitrogen and oxygen atoms in total. The van der Waals surface area contributed by atoms with Crippen molar-refractivity contribution in [3.63, 3.8) is 0 Å². The Hall–Kier alpha value is -1.59. The first-order valence-electron chi connectivity index (χ1n) is 9.11. The van der Waals surface area contributed by atoms with Crippen molar-refractivity contribution in [3.05, 3.63) is 29.3 Å². The lowest BCUT2D eigenvalue weighted by molar-refractivity contribution is -0.153. The first kappa shape index (κ1) is 16.9. The van der Waals surface area contributed by atoms with Gasteiger partial charge in [0.1, 0.15) is 0 Å². The Bertz CT molecular complexity index is 661. The Morgan fingerprint density at radius 1 is 1.16 bits per heavy atom. The summed E-state index contributed by atoms with van der Waals surface area (Å²) in [5.41, 5.74) is 0.808. The second-order valence-corrected chi connectivity index (χ2v) is 7.61. The first-order chi connectivity index (χ1) is 12.1. The summed E-state index contributed by atoms with van der Waals surface area (Å²) in [7, 11) is 0. The van der Waals surface area contributed by atoms with Gasteiger partial charge >= 0.3 is 0 Å². The van der Waals surface area contributed by atoms with Crippen molar-refractivity contribution in [1.29, 1.82) is 0 Å². The van der Waals surface area contributed by atoms with Gasteiger partial charge in [0.25, 0.3) is 0 Å². The number of anilines is 1. The highest BCUT2D eigenvalue weighted by Gasteiger charge is 2.42. The summed E-state index contributed by atoms with van der Waals surface area (Å²) in [6.45, 7) is 1.70. The number of benzene rings is 1. The van der Waals surface area contributed by atoms with E-state index in [4.69, 9.17) is 16.3 Å². The summed E-state index contributed by atoms with van der Waals surface area (Å²) in [5, 5.41) is 0.639. The van der Waals surface area contributed by atoms with Gasteiger partial charge in [-0.05, 0) is 37.1 Å². The van der Waals surface area contributed by atoms with Gasteiger partial charge in [-0.15, -0.1) is 0 Å². The molecule has 2 heterocycles. The Morgan fingerprint density at radius 3 is 2.72 bits per heavy atom. The molecule has 3 aliphatic rings. The van der Waals surface area contributed by atoms with Crippen LogP contribution in [0.3, 0.4) is 0 Å². The molecular formula is C19H23ClN2O3. The van der Waals surface area contributed by atoms with E-state index < -0.39 is 0 Å². The summed E-state index contributed by atoms with van der Waals surface area (Å²) in [4.78, 5) is 29.2. The highest BCUT2D eigenvalue weighted by molar-refractivity contribution is 6.30. The minimum atomic E-state index is -0.260. The maximum Gasteiger partial charge on any atom is 0.228 e. The molecule has 6 heteroatoms. The molecule has 25 heavy (non-hydrogen) atoms. The van der Waals surface area contributed by atoms with E-state index in [-0.39, 0.29) is 36.3 Å². The van der Waals surface area contributed by atoms with Crippen LogP contribution in [0.2, 0.25) is 5.02 Å². The lowest BCUT2D eigenvalue weighted by Crippen LogP contribution is -2.56. The van der Waals surface area contributed by atoms with Gasteiger partial charge in [-0.25, -0.2) is 0 Å². The summed E-state index contributed by atoms with van der Waals surface area (Å²) >= 11 is 5.92. The minimum absolute atomic E-state index is 0.00845. The number of morpholine rings is 1. The molecule has 0 N–H and O–H groups in total. The van der Waals surface area contributed by atoms with E-state index in [1.165, 1.54) is 6.42 Å². The molecule has 1 aromatic rings. The zero-order valence-corrected chi connectivity index (χ0v) is 15.0. The fraction of sp³-hybridized carbons (Fsp3) is 0.579. The molecule has 2 aliphatic heterocycles. The Labute approximate surface area is 152 Å². The number of fused-ring (bicyclic) bond motifs is 1. The van der Waals surface area contributed by atoms with Gasteiger partial charge in [0.15, 0.2) is 0 Å². The second kappa shape index (κ2) is 6.96. The number of hydrogen-bond acceptors (Lipinski definition) is 3. The molecule has 3 atom stereocenters. The van der Waals surface area contributed by atoms with Gasteiger partial charge in [0.2, 0.25) is 11.8 Å². The first-order valence-corrected chi connectivity index (χ1v) is 9.49. The number of hydrogen-bond donors (Lipinski definition) is 0. The third kappa shape index (κ3) is 3.27. The SMILES string of the molecule is O=C1C[C@H](C(=O)N2CCO[C@H]3CCCC[C@@H]32)CN1c1ccc(Cl)cc1. The smallest absolute Gasteiger partial charge is 0.228 e. The molecule has 1 saturated carbocycles. The molecule has 0 bridgehead atoms. The molecule has 134 valence electrons. The molecule has 0 radical (unpaired) electrons. The molecular weight excluding hydrogens is 340 g/mol. The van der Waals surface area contributed by atoms with Crippen molar-refractivity contribution in [2.45, 2.75) is 44.2 Å². The third-order valence-electron chi connectivity index (χ3n) is 5.63. The fourth-order valence-corrected chi connectivity index (χ4v) is 4.47. The van der Waals surface area contributed by atoms with Crippen LogP contribution < -0.4 is 4.90 Å². The van der Waals surface area contributed by atoms with Gasteiger partial charge in [-0.1, -0.05) is 24.4 Å². The highest BCUT2D eigenvalue weighted by Crippen LogP contribution is 2.32. The second-order valence-electron chi connectivity index (χ2n) is 7.17. The Kier molecular flexibility index (Phi) is 4.69. The van der Waals surface area contributed by atoms with Gasteiger partial charge in [-0.3, -0.25) is 9.59 Å². The average Bonchev–Trinajstić information content (AvgIpc) is 3.03. The number of carbonyl (C=O) groups excluding carboxylic acids is 2. The van der Waals surface area contributed by atoms with Crippen LogP contribution in [0.4, 0.5) is 5.69 Å². The highest BCUT2D eigenvalue weighted by atomic mass is 35.5. The topological polar surface area (TPSA) is 49.9 Å². The Morgan fingerprint density at radius 2 is 1.92 bits per heavy atom. The summed E-state index contributed by atoms with van der Waals surface area (Å²) in [6.07, 6.45) is 4.84. The number of amides is 2. The van der Waals surface area contributed by atoms with Crippen molar-refractivity contribution in [1.82, 2.24) is 4.90 Å². The van der Waals surface area contributed by atoms with Gasteiger partial charge in [0.05, 0.1) is 24.7 Å². The maximum atomic E-state index is 13.1. The van der Waals surface area contributed by atoms with E-state index >= 15 is 0 Å². The van der Waals surface area contributed by atoms with E-state index in [2.05, 4.69) is 0 Å². The van der Waals surface area contributed by atoms with Gasteiger partial charge in [-0.2, -0.15) is 0 Å². The molecule has 2 amide bonds. The van der Waals surface area contributed by atoms with Gasteiger partial charge in [0, 0.05) is 30.2 Å². The molecule has 2 saturated heterocycles. The molecule has 1 aromatic carbocycles. The zero-order chi connectivity index (χ0) is 17.4. The fourth-order valence-electron chi connectivity index (χ4n) is 4.35. The monoisotopic (exact) mass is 362 g/mol. The van der Waals surface area contributed by atoms with Crippen LogP contribution in [-0.2, 0) is 14.3 Å². The van der Waals surface area contributed by atoms with Crippen LogP contribution in [-0.4, -0.2) is 48.6 Å². The van der Waals surface area contributed by atoms with Crippen molar-refractivity contribution < 1.29 is 14.3 Å². The minimum Gasteiger partial charge on any atom is -0.374 e. The largest absolute Gasteiger partial charge is 0.374 e. The predicted octanol–water partition coefficient (Wildman–Crippen LogP) is 2.86. The summed E-state index contributed by atoms with van der Waals surface area (Å²) in [6, 6.07) is 7.40. The zero-order valence-electron chi connectivity index (χ0n) is 14.2. The van der Waals surface area contributed by atoms with Crippen LogP contribution in [0.1, 0.15) is 32.1 Å². The quantitative estimate of drug-likeness (QED) is 0.812. The third-order valence-corrected chi connectivity index (χ3v) is 5.88. The number of halogens is 1. The van der Waals surface area contributed by atoms with E-state index in [9.17, 15) is 9.59 Å².